The molecule has 1 aromatic heterocycles. The molecule has 2 aliphatic heterocycles. The molecule has 0 atom stereocenters. The molecule has 120 valence electrons. The topological polar surface area (TPSA) is 82.5 Å². The van der Waals surface area contributed by atoms with E-state index in [0.717, 1.165) is 20.9 Å². The van der Waals surface area contributed by atoms with Gasteiger partial charge in [0.15, 0.2) is 0 Å². The van der Waals surface area contributed by atoms with Gasteiger partial charge in [-0.1, -0.05) is 6.07 Å². The molecule has 0 unspecified atom stereocenters. The molecule has 0 radical (unpaired) electrons. The quantitative estimate of drug-likeness (QED) is 0.650. The number of guanidine groups is 1. The number of amides is 1. The number of benzene rings is 1. The molecule has 0 spiro atoms. The van der Waals surface area contributed by atoms with Crippen molar-refractivity contribution in [3.8, 4) is 10.4 Å². The minimum Gasteiger partial charge on any atom is -0.457 e. The summed E-state index contributed by atoms with van der Waals surface area (Å²) < 4.78 is 5.03. The monoisotopic (exact) mass is 339 g/mol. The summed E-state index contributed by atoms with van der Waals surface area (Å²) in [5.41, 5.74) is 2.98. The van der Waals surface area contributed by atoms with Gasteiger partial charge in [-0.15, -0.1) is 11.3 Å². The third kappa shape index (κ3) is 2.30. The molecule has 0 bridgehead atoms. The summed E-state index contributed by atoms with van der Waals surface area (Å²) in [4.78, 5) is 26.8. The zero-order chi connectivity index (χ0) is 16.8. The number of carbonyl (C=O) groups is 2. The fourth-order valence-electron chi connectivity index (χ4n) is 2.70. The molecule has 1 aromatic carbocycles. The second-order valence-corrected chi connectivity index (χ2v) is 6.66. The van der Waals surface area contributed by atoms with Gasteiger partial charge in [0.05, 0.1) is 5.56 Å². The molecular formula is C17H13N3O3S. The first-order valence-electron chi connectivity index (χ1n) is 7.28. The lowest BCUT2D eigenvalue weighted by molar-refractivity contribution is -0.115. The van der Waals surface area contributed by atoms with Gasteiger partial charge in [-0.25, -0.2) is 4.79 Å². The number of rotatable bonds is 2. The number of fused-ring (bicyclic) bond motifs is 1. The number of esters is 1. The Labute approximate surface area is 141 Å². The highest BCUT2D eigenvalue weighted by Gasteiger charge is 2.27. The maximum absolute atomic E-state index is 11.8. The lowest BCUT2D eigenvalue weighted by Gasteiger charge is -2.08. The zero-order valence-electron chi connectivity index (χ0n) is 12.8. The van der Waals surface area contributed by atoms with E-state index in [1.165, 1.54) is 4.90 Å². The molecule has 7 heteroatoms. The van der Waals surface area contributed by atoms with E-state index >= 15 is 0 Å². The van der Waals surface area contributed by atoms with Crippen molar-refractivity contribution < 1.29 is 14.3 Å². The Kier molecular flexibility index (Phi) is 3.24. The van der Waals surface area contributed by atoms with E-state index in [2.05, 4.69) is 5.32 Å². The lowest BCUT2D eigenvalue weighted by Crippen LogP contribution is -2.25. The van der Waals surface area contributed by atoms with Crippen LogP contribution in [0.15, 0.2) is 36.0 Å². The van der Waals surface area contributed by atoms with Crippen LogP contribution in [0.2, 0.25) is 0 Å². The van der Waals surface area contributed by atoms with Crippen LogP contribution in [-0.4, -0.2) is 29.8 Å². The van der Waals surface area contributed by atoms with Crippen LogP contribution in [0.4, 0.5) is 0 Å². The molecule has 1 amide bonds. The van der Waals surface area contributed by atoms with Crippen LogP contribution >= 0.6 is 11.3 Å². The van der Waals surface area contributed by atoms with Gasteiger partial charge in [-0.3, -0.25) is 15.5 Å². The summed E-state index contributed by atoms with van der Waals surface area (Å²) in [6.07, 6.45) is 1.77. The Morgan fingerprint density at radius 2 is 2.12 bits per heavy atom. The average Bonchev–Trinajstić information content (AvgIpc) is 3.24. The van der Waals surface area contributed by atoms with Gasteiger partial charge in [-0.2, -0.15) is 0 Å². The van der Waals surface area contributed by atoms with Crippen molar-refractivity contribution in [2.75, 3.05) is 7.05 Å². The third-order valence-electron chi connectivity index (χ3n) is 4.04. The highest BCUT2D eigenvalue weighted by Crippen LogP contribution is 2.33. The van der Waals surface area contributed by atoms with Gasteiger partial charge in [0.2, 0.25) is 5.96 Å². The van der Waals surface area contributed by atoms with Crippen molar-refractivity contribution in [3.05, 3.63) is 52.0 Å². The molecular weight excluding hydrogens is 326 g/mol. The summed E-state index contributed by atoms with van der Waals surface area (Å²) in [5, 5.41) is 10.1. The number of cyclic esters (lactones) is 1. The summed E-state index contributed by atoms with van der Waals surface area (Å²) >= 11 is 1.55. The maximum atomic E-state index is 11.8. The molecule has 1 fully saturated rings. The highest BCUT2D eigenvalue weighted by atomic mass is 32.1. The number of hydrogen-bond donors (Lipinski definition) is 2. The van der Waals surface area contributed by atoms with Crippen LogP contribution in [0.3, 0.4) is 0 Å². The first-order valence-corrected chi connectivity index (χ1v) is 8.10. The van der Waals surface area contributed by atoms with Crippen molar-refractivity contribution in [1.82, 2.24) is 10.2 Å². The van der Waals surface area contributed by atoms with Crippen molar-refractivity contribution in [2.45, 2.75) is 6.61 Å². The summed E-state index contributed by atoms with van der Waals surface area (Å²) in [6, 6.07) is 9.57. The van der Waals surface area contributed by atoms with Gasteiger partial charge in [0, 0.05) is 22.4 Å². The standard InChI is InChI=1S/C17H13N3O3S/c1-20-13(15(21)19-17(20)18)7-11-3-5-14(24-11)9-2-4-12-10(6-9)8-23-16(12)22/h2-7H,8H2,1H3,(H2,18,19,21)/b13-7-. The molecule has 2 N–H and O–H groups in total. The maximum Gasteiger partial charge on any atom is 0.338 e. The normalized spacial score (nSPS) is 18.1. The Bertz CT molecular complexity index is 929. The van der Waals surface area contributed by atoms with Crippen molar-refractivity contribution in [3.63, 3.8) is 0 Å². The number of nitrogens with zero attached hydrogens (tertiary/aromatic N) is 1. The molecule has 6 nitrogen and oxygen atoms in total. The molecule has 0 saturated carbocycles. The minimum atomic E-state index is -0.273. The number of hydrogen-bond acceptors (Lipinski definition) is 5. The minimum absolute atomic E-state index is 0.0753. The highest BCUT2D eigenvalue weighted by molar-refractivity contribution is 7.16. The van der Waals surface area contributed by atoms with Gasteiger partial charge in [0.1, 0.15) is 12.3 Å². The van der Waals surface area contributed by atoms with E-state index in [1.807, 2.05) is 24.3 Å². The van der Waals surface area contributed by atoms with E-state index in [0.29, 0.717) is 17.9 Å². The summed E-state index contributed by atoms with van der Waals surface area (Å²) in [7, 11) is 1.68. The number of carbonyl (C=O) groups excluding carboxylic acids is 2. The van der Waals surface area contributed by atoms with E-state index < -0.39 is 0 Å². The molecule has 24 heavy (non-hydrogen) atoms. The lowest BCUT2D eigenvalue weighted by atomic mass is 10.1. The van der Waals surface area contributed by atoms with Gasteiger partial charge in [-0.05, 0) is 35.9 Å². The SMILES string of the molecule is CN1C(=N)NC(=O)/C1=C/c1ccc(-c2ccc3c(c2)COC3=O)s1. The van der Waals surface area contributed by atoms with Crippen LogP contribution < -0.4 is 5.32 Å². The second kappa shape index (κ2) is 5.31. The van der Waals surface area contributed by atoms with Crippen molar-refractivity contribution in [2.24, 2.45) is 0 Å². The van der Waals surface area contributed by atoms with Crippen molar-refractivity contribution >= 4 is 35.2 Å². The van der Waals surface area contributed by atoms with E-state index in [9.17, 15) is 9.59 Å². The predicted octanol–water partition coefficient (Wildman–Crippen LogP) is 2.42. The van der Waals surface area contributed by atoms with E-state index in [1.54, 1.807) is 30.5 Å². The van der Waals surface area contributed by atoms with Crippen LogP contribution in [0.1, 0.15) is 20.8 Å². The summed E-state index contributed by atoms with van der Waals surface area (Å²) in [6.45, 7) is 0.317. The van der Waals surface area contributed by atoms with Crippen molar-refractivity contribution in [1.29, 1.82) is 5.41 Å². The molecule has 2 aromatic rings. The second-order valence-electron chi connectivity index (χ2n) is 5.54. The van der Waals surface area contributed by atoms with E-state index in [4.69, 9.17) is 10.1 Å². The molecule has 0 aliphatic carbocycles. The third-order valence-corrected chi connectivity index (χ3v) is 5.12. The van der Waals surface area contributed by atoms with Crippen LogP contribution in [0.5, 0.6) is 0 Å². The fourth-order valence-corrected chi connectivity index (χ4v) is 3.64. The largest absolute Gasteiger partial charge is 0.457 e. The number of likely N-dealkylation sites (N-methyl/N-ethyl adjacent to an activating group) is 1. The smallest absolute Gasteiger partial charge is 0.338 e. The number of ether oxygens (including phenoxy) is 1. The van der Waals surface area contributed by atoms with Crippen LogP contribution in [0.25, 0.3) is 16.5 Å². The Balaban J connectivity index is 1.65. The Morgan fingerprint density at radius 1 is 1.29 bits per heavy atom. The fraction of sp³-hybridized carbons (Fsp3) is 0.118. The molecule has 4 rings (SSSR count). The Morgan fingerprint density at radius 3 is 2.88 bits per heavy atom. The summed E-state index contributed by atoms with van der Waals surface area (Å²) in [5.74, 6) is -0.470. The molecule has 1 saturated heterocycles. The van der Waals surface area contributed by atoms with Crippen LogP contribution in [0, 0.1) is 5.41 Å². The van der Waals surface area contributed by atoms with Gasteiger partial charge < -0.3 is 9.64 Å². The first-order chi connectivity index (χ1) is 11.5. The first kappa shape index (κ1) is 14.6. The van der Waals surface area contributed by atoms with Gasteiger partial charge >= 0.3 is 5.97 Å². The van der Waals surface area contributed by atoms with Gasteiger partial charge in [0.25, 0.3) is 5.91 Å². The molecule has 2 aliphatic rings. The number of nitrogens with one attached hydrogen (secondary N) is 2. The number of thiophene rings is 1. The van der Waals surface area contributed by atoms with E-state index in [-0.39, 0.29) is 17.8 Å². The zero-order valence-corrected chi connectivity index (χ0v) is 13.6. The predicted molar refractivity (Wildman–Crippen MR) is 90.5 cm³/mol. The average molecular weight is 339 g/mol. The molecule has 3 heterocycles. The Hall–Kier alpha value is -2.93. The van der Waals surface area contributed by atoms with Crippen LogP contribution in [-0.2, 0) is 16.1 Å².